The number of hydrogen-bond acceptors (Lipinski definition) is 3. The predicted octanol–water partition coefficient (Wildman–Crippen LogP) is 5.26. The average molecular weight is 530 g/mol. The molecule has 1 atom stereocenters. The molecule has 0 saturated carbocycles. The molecule has 0 aromatic heterocycles. The lowest BCUT2D eigenvalue weighted by Gasteiger charge is -2.31. The van der Waals surface area contributed by atoms with Crippen LogP contribution in [0.2, 0.25) is 5.02 Å². The molecule has 0 fully saturated rings. The molecule has 0 aliphatic carbocycles. The molecule has 0 radical (unpaired) electrons. The molecule has 0 heterocycles. The van der Waals surface area contributed by atoms with Gasteiger partial charge in [0.2, 0.25) is 5.91 Å². The molecule has 7 heteroatoms. The van der Waals surface area contributed by atoms with Crippen LogP contribution in [0.5, 0.6) is 5.75 Å². The molecule has 3 aromatic rings. The van der Waals surface area contributed by atoms with Crippen molar-refractivity contribution in [1.82, 2.24) is 10.2 Å². The van der Waals surface area contributed by atoms with Gasteiger partial charge in [0.1, 0.15) is 11.8 Å². The molecule has 1 unspecified atom stereocenters. The van der Waals surface area contributed by atoms with Crippen molar-refractivity contribution in [2.75, 3.05) is 13.2 Å². The Morgan fingerprint density at radius 3 is 2.36 bits per heavy atom. The summed E-state index contributed by atoms with van der Waals surface area (Å²) in [5.41, 5.74) is 1.88. The van der Waals surface area contributed by atoms with E-state index in [1.165, 1.54) is 0 Å². The maximum Gasteiger partial charge on any atom is 0.261 e. The number of amides is 2. The van der Waals surface area contributed by atoms with Crippen LogP contribution in [0.1, 0.15) is 18.1 Å². The second kappa shape index (κ2) is 12.4. The summed E-state index contributed by atoms with van der Waals surface area (Å²) in [6.07, 6.45) is 0.396. The molecule has 3 aromatic carbocycles. The van der Waals surface area contributed by atoms with Crippen molar-refractivity contribution in [2.24, 2.45) is 0 Å². The minimum absolute atomic E-state index is 0.194. The maximum atomic E-state index is 13.4. The third kappa shape index (κ3) is 7.62. The van der Waals surface area contributed by atoms with Crippen LogP contribution in [0.4, 0.5) is 0 Å². The normalized spacial score (nSPS) is 11.5. The topological polar surface area (TPSA) is 58.6 Å². The highest BCUT2D eigenvalue weighted by atomic mass is 79.9. The summed E-state index contributed by atoms with van der Waals surface area (Å²) in [5, 5.41) is 3.47. The van der Waals surface area contributed by atoms with E-state index in [1.807, 2.05) is 61.5 Å². The van der Waals surface area contributed by atoms with E-state index < -0.39 is 6.04 Å². The van der Waals surface area contributed by atoms with E-state index in [0.29, 0.717) is 23.7 Å². The molecule has 5 nitrogen and oxygen atoms in total. The number of ether oxygens (including phenoxy) is 1. The van der Waals surface area contributed by atoms with Gasteiger partial charge in [0.25, 0.3) is 5.91 Å². The lowest BCUT2D eigenvalue weighted by molar-refractivity contribution is -0.142. The van der Waals surface area contributed by atoms with Crippen LogP contribution >= 0.6 is 27.5 Å². The first-order chi connectivity index (χ1) is 16.0. The molecule has 0 aliphatic heterocycles. The van der Waals surface area contributed by atoms with Crippen LogP contribution in [0.25, 0.3) is 0 Å². The van der Waals surface area contributed by atoms with Gasteiger partial charge in [0, 0.05) is 29.0 Å². The predicted molar refractivity (Wildman–Crippen MR) is 134 cm³/mol. The van der Waals surface area contributed by atoms with Crippen molar-refractivity contribution in [3.63, 3.8) is 0 Å². The van der Waals surface area contributed by atoms with Crippen LogP contribution < -0.4 is 10.1 Å². The summed E-state index contributed by atoms with van der Waals surface area (Å²) in [4.78, 5) is 28.1. The highest BCUT2D eigenvalue weighted by Gasteiger charge is 2.30. The fourth-order valence-corrected chi connectivity index (χ4v) is 4.01. The fourth-order valence-electron chi connectivity index (χ4n) is 3.44. The van der Waals surface area contributed by atoms with Gasteiger partial charge in [-0.15, -0.1) is 0 Å². The summed E-state index contributed by atoms with van der Waals surface area (Å²) in [6, 6.07) is 23.5. The fraction of sp³-hybridized carbons (Fsp3) is 0.231. The summed E-state index contributed by atoms with van der Waals surface area (Å²) in [7, 11) is 0. The van der Waals surface area contributed by atoms with E-state index in [9.17, 15) is 9.59 Å². The second-order valence-corrected chi connectivity index (χ2v) is 8.85. The summed E-state index contributed by atoms with van der Waals surface area (Å²) >= 11 is 9.41. The minimum atomic E-state index is -0.687. The molecule has 2 amide bonds. The Kier molecular flexibility index (Phi) is 9.34. The number of nitrogens with one attached hydrogen (secondary N) is 1. The zero-order valence-corrected chi connectivity index (χ0v) is 20.7. The number of carbonyl (C=O) groups excluding carboxylic acids is 2. The third-order valence-corrected chi connectivity index (χ3v) is 5.79. The minimum Gasteiger partial charge on any atom is -0.484 e. The molecule has 0 bridgehead atoms. The Morgan fingerprint density at radius 2 is 1.70 bits per heavy atom. The van der Waals surface area contributed by atoms with Gasteiger partial charge in [-0.2, -0.15) is 0 Å². The third-order valence-electron chi connectivity index (χ3n) is 5.04. The number of hydrogen-bond donors (Lipinski definition) is 1. The number of rotatable bonds is 10. The summed E-state index contributed by atoms with van der Waals surface area (Å²) in [5.74, 6) is 0.0566. The lowest BCUT2D eigenvalue weighted by Crippen LogP contribution is -2.51. The number of likely N-dealkylation sites (N-methyl/N-ethyl adjacent to an activating group) is 1. The lowest BCUT2D eigenvalue weighted by atomic mass is 10.0. The van der Waals surface area contributed by atoms with Crippen LogP contribution in [-0.4, -0.2) is 35.9 Å². The quantitative estimate of drug-likeness (QED) is 0.390. The molecule has 33 heavy (non-hydrogen) atoms. The van der Waals surface area contributed by atoms with E-state index in [4.69, 9.17) is 16.3 Å². The molecule has 3 rings (SSSR count). The molecule has 1 N–H and O–H groups in total. The Labute approximate surface area is 207 Å². The number of benzene rings is 3. The first-order valence-electron chi connectivity index (χ1n) is 10.7. The van der Waals surface area contributed by atoms with Gasteiger partial charge >= 0.3 is 0 Å². The molecule has 0 saturated heterocycles. The van der Waals surface area contributed by atoms with Gasteiger partial charge in [-0.05, 0) is 54.4 Å². The monoisotopic (exact) mass is 528 g/mol. The summed E-state index contributed by atoms with van der Waals surface area (Å²) < 4.78 is 6.62. The van der Waals surface area contributed by atoms with Crippen molar-refractivity contribution in [3.8, 4) is 5.75 Å². The SMILES string of the molecule is CCNC(=O)C(Cc1ccccc1)N(Cc1cccc(Br)c1)C(=O)COc1ccc(Cl)cc1. The first-order valence-corrected chi connectivity index (χ1v) is 11.9. The Balaban J connectivity index is 1.88. The average Bonchev–Trinajstić information content (AvgIpc) is 2.81. The zero-order valence-electron chi connectivity index (χ0n) is 18.3. The van der Waals surface area contributed by atoms with Crippen LogP contribution in [-0.2, 0) is 22.6 Å². The zero-order chi connectivity index (χ0) is 23.6. The van der Waals surface area contributed by atoms with Crippen molar-refractivity contribution in [3.05, 3.63) is 99.5 Å². The van der Waals surface area contributed by atoms with Gasteiger partial charge in [0.15, 0.2) is 6.61 Å². The smallest absolute Gasteiger partial charge is 0.261 e. The Morgan fingerprint density at radius 1 is 1.00 bits per heavy atom. The Hall–Kier alpha value is -2.83. The van der Waals surface area contributed by atoms with Gasteiger partial charge < -0.3 is 15.0 Å². The van der Waals surface area contributed by atoms with Crippen LogP contribution in [0.3, 0.4) is 0 Å². The van der Waals surface area contributed by atoms with E-state index in [0.717, 1.165) is 15.6 Å². The number of carbonyl (C=O) groups is 2. The number of nitrogens with zero attached hydrogens (tertiary/aromatic N) is 1. The maximum absolute atomic E-state index is 13.4. The van der Waals surface area contributed by atoms with E-state index in [2.05, 4.69) is 21.2 Å². The second-order valence-electron chi connectivity index (χ2n) is 7.49. The van der Waals surface area contributed by atoms with Crippen molar-refractivity contribution in [1.29, 1.82) is 0 Å². The van der Waals surface area contributed by atoms with E-state index in [-0.39, 0.29) is 25.0 Å². The Bertz CT molecular complexity index is 1060. The van der Waals surface area contributed by atoms with Crippen molar-refractivity contribution in [2.45, 2.75) is 25.9 Å². The first kappa shape index (κ1) is 24.8. The molecule has 0 aliphatic rings. The number of halogens is 2. The van der Waals surface area contributed by atoms with Gasteiger partial charge in [-0.3, -0.25) is 9.59 Å². The van der Waals surface area contributed by atoms with Crippen molar-refractivity contribution >= 4 is 39.3 Å². The highest BCUT2D eigenvalue weighted by molar-refractivity contribution is 9.10. The van der Waals surface area contributed by atoms with Crippen LogP contribution in [0.15, 0.2) is 83.3 Å². The molecule has 0 spiro atoms. The van der Waals surface area contributed by atoms with Gasteiger partial charge in [-0.1, -0.05) is 70.0 Å². The highest BCUT2D eigenvalue weighted by Crippen LogP contribution is 2.19. The standard InChI is InChI=1S/C26H26BrClN2O3/c1-2-29-26(32)24(16-19-7-4-3-5-8-19)30(17-20-9-6-10-21(27)15-20)25(31)18-33-23-13-11-22(28)12-14-23/h3-15,24H,2,16-18H2,1H3,(H,29,32). The van der Waals surface area contributed by atoms with E-state index >= 15 is 0 Å². The molecule has 172 valence electrons. The van der Waals surface area contributed by atoms with Gasteiger partial charge in [-0.25, -0.2) is 0 Å². The molecular formula is C26H26BrClN2O3. The summed E-state index contributed by atoms with van der Waals surface area (Å²) in [6.45, 7) is 2.42. The molecular weight excluding hydrogens is 504 g/mol. The largest absolute Gasteiger partial charge is 0.484 e. The van der Waals surface area contributed by atoms with Gasteiger partial charge in [0.05, 0.1) is 0 Å². The van der Waals surface area contributed by atoms with Crippen molar-refractivity contribution < 1.29 is 14.3 Å². The van der Waals surface area contributed by atoms with Crippen LogP contribution in [0, 0.1) is 0 Å². The van der Waals surface area contributed by atoms with E-state index in [1.54, 1.807) is 29.2 Å².